The maximum absolute atomic E-state index is 14.8. The number of anilines is 1. The van der Waals surface area contributed by atoms with Crippen LogP contribution in [0.15, 0.2) is 12.5 Å². The van der Waals surface area contributed by atoms with Gasteiger partial charge in [0.1, 0.15) is 6.33 Å². The van der Waals surface area contributed by atoms with Crippen molar-refractivity contribution < 1.29 is 9.13 Å². The first-order valence-electron chi connectivity index (χ1n) is 10.3. The van der Waals surface area contributed by atoms with Crippen LogP contribution >= 0.6 is 0 Å². The molecule has 0 aromatic carbocycles. The lowest BCUT2D eigenvalue weighted by Crippen LogP contribution is -2.37. The van der Waals surface area contributed by atoms with Crippen LogP contribution in [0.3, 0.4) is 0 Å². The van der Waals surface area contributed by atoms with E-state index in [0.717, 1.165) is 38.2 Å². The summed E-state index contributed by atoms with van der Waals surface area (Å²) in [6.07, 6.45) is 6.02. The average Bonchev–Trinajstić information content (AvgIpc) is 3.32. The minimum atomic E-state index is -0.280. The van der Waals surface area contributed by atoms with Gasteiger partial charge in [-0.2, -0.15) is 0 Å². The molecule has 1 aliphatic heterocycles. The fraction of sp³-hybridized carbons (Fsp3) is 0.700. The van der Waals surface area contributed by atoms with E-state index in [1.54, 1.807) is 7.11 Å². The van der Waals surface area contributed by atoms with Crippen LogP contribution in [0.25, 0.3) is 0 Å². The van der Waals surface area contributed by atoms with Crippen LogP contribution in [0.2, 0.25) is 0 Å². The molecule has 0 spiro atoms. The number of hydrogen-bond acceptors (Lipinski definition) is 7. The van der Waals surface area contributed by atoms with Crippen molar-refractivity contribution in [3.8, 4) is 0 Å². The summed E-state index contributed by atoms with van der Waals surface area (Å²) in [4.78, 5) is 12.5. The van der Waals surface area contributed by atoms with Crippen molar-refractivity contribution in [3.05, 3.63) is 29.7 Å². The second kappa shape index (κ2) is 8.31. The molecular weight excluding hydrogens is 373 g/mol. The van der Waals surface area contributed by atoms with E-state index in [1.807, 2.05) is 31.9 Å². The van der Waals surface area contributed by atoms with Crippen molar-refractivity contribution in [2.75, 3.05) is 39.2 Å². The average molecular weight is 404 g/mol. The molecule has 4 atom stereocenters. The number of fused-ring (bicyclic) bond motifs is 1. The zero-order valence-electron chi connectivity index (χ0n) is 17.6. The van der Waals surface area contributed by atoms with Gasteiger partial charge < -0.3 is 14.5 Å². The number of ether oxygens (including phenoxy) is 1. The molecule has 1 saturated carbocycles. The Morgan fingerprint density at radius 2 is 1.97 bits per heavy atom. The Morgan fingerprint density at radius 3 is 2.66 bits per heavy atom. The van der Waals surface area contributed by atoms with Crippen LogP contribution in [0, 0.1) is 17.7 Å². The van der Waals surface area contributed by atoms with E-state index < -0.39 is 0 Å². The van der Waals surface area contributed by atoms with Gasteiger partial charge in [0.25, 0.3) is 0 Å². The minimum Gasteiger partial charge on any atom is -0.379 e. The summed E-state index contributed by atoms with van der Waals surface area (Å²) in [7, 11) is 5.80. The summed E-state index contributed by atoms with van der Waals surface area (Å²) < 4.78 is 22.6. The predicted molar refractivity (Wildman–Crippen MR) is 107 cm³/mol. The van der Waals surface area contributed by atoms with Crippen molar-refractivity contribution in [1.29, 1.82) is 0 Å². The van der Waals surface area contributed by atoms with Gasteiger partial charge in [-0.1, -0.05) is 12.1 Å². The number of aromatic nitrogens is 5. The van der Waals surface area contributed by atoms with Gasteiger partial charge in [0.2, 0.25) is 0 Å². The summed E-state index contributed by atoms with van der Waals surface area (Å²) in [6.45, 7) is 4.28. The van der Waals surface area contributed by atoms with Gasteiger partial charge in [0.05, 0.1) is 29.7 Å². The molecule has 0 radical (unpaired) electrons. The number of aryl methyl sites for hydroxylation is 1. The van der Waals surface area contributed by atoms with Crippen LogP contribution in [-0.4, -0.2) is 70.3 Å². The molecule has 1 saturated heterocycles. The van der Waals surface area contributed by atoms with Gasteiger partial charge in [-0.15, -0.1) is 5.10 Å². The third-order valence-electron chi connectivity index (χ3n) is 6.24. The number of halogens is 1. The highest BCUT2D eigenvalue weighted by Crippen LogP contribution is 2.43. The van der Waals surface area contributed by atoms with E-state index in [9.17, 15) is 4.39 Å². The van der Waals surface area contributed by atoms with Crippen LogP contribution < -0.4 is 4.90 Å². The third kappa shape index (κ3) is 3.98. The molecule has 0 amide bonds. The molecule has 2 aliphatic rings. The van der Waals surface area contributed by atoms with Crippen molar-refractivity contribution in [3.63, 3.8) is 0 Å². The molecule has 9 heteroatoms. The summed E-state index contributed by atoms with van der Waals surface area (Å²) in [5.74, 6) is 1.07. The lowest BCUT2D eigenvalue weighted by atomic mass is 9.77. The SMILES string of the molecule is CCc1ncnc(N2C[C@H]3C[C@@H](n4cc(CN(C)C)nn4)[C@H](OC)C[C@H]3C2)c1F. The largest absolute Gasteiger partial charge is 0.379 e. The van der Waals surface area contributed by atoms with Crippen molar-refractivity contribution in [2.45, 2.75) is 44.9 Å². The predicted octanol–water partition coefficient (Wildman–Crippen LogP) is 1.93. The lowest BCUT2D eigenvalue weighted by Gasteiger charge is -2.36. The van der Waals surface area contributed by atoms with Gasteiger partial charge in [0.15, 0.2) is 11.6 Å². The molecule has 0 unspecified atom stereocenters. The standard InChI is InChI=1S/C20H30FN7O/c1-5-16-19(21)20(23-12-22-16)27-8-13-6-17(18(29-4)7-14(13)9-27)28-11-15(24-25-28)10-26(2)3/h11-14,17-18H,5-10H2,1-4H3/t13-,14+,17-,18-/m1/s1. The number of hydrogen-bond donors (Lipinski definition) is 0. The van der Waals surface area contributed by atoms with Crippen LogP contribution in [0.5, 0.6) is 0 Å². The molecule has 4 rings (SSSR count). The fourth-order valence-electron chi connectivity index (χ4n) is 4.83. The molecule has 1 aliphatic carbocycles. The molecule has 3 heterocycles. The van der Waals surface area contributed by atoms with Crippen LogP contribution in [0.1, 0.15) is 37.2 Å². The first-order valence-corrected chi connectivity index (χ1v) is 10.3. The smallest absolute Gasteiger partial charge is 0.187 e. The zero-order chi connectivity index (χ0) is 20.5. The molecule has 2 aromatic rings. The van der Waals surface area contributed by atoms with E-state index in [-0.39, 0.29) is 18.0 Å². The molecule has 8 nitrogen and oxygen atoms in total. The number of nitrogens with zero attached hydrogens (tertiary/aromatic N) is 7. The summed E-state index contributed by atoms with van der Waals surface area (Å²) in [5.41, 5.74) is 1.43. The molecule has 29 heavy (non-hydrogen) atoms. The van der Waals surface area contributed by atoms with Crippen LogP contribution in [0.4, 0.5) is 10.2 Å². The maximum atomic E-state index is 14.8. The second-order valence-corrected chi connectivity index (χ2v) is 8.48. The summed E-state index contributed by atoms with van der Waals surface area (Å²) in [5, 5.41) is 8.70. The van der Waals surface area contributed by atoms with Gasteiger partial charge in [0, 0.05) is 26.7 Å². The molecule has 158 valence electrons. The monoisotopic (exact) mass is 403 g/mol. The highest BCUT2D eigenvalue weighted by molar-refractivity contribution is 5.42. The topological polar surface area (TPSA) is 72.2 Å². The van der Waals surface area contributed by atoms with Gasteiger partial charge in [-0.05, 0) is 45.2 Å². The molecule has 0 N–H and O–H groups in total. The maximum Gasteiger partial charge on any atom is 0.187 e. The van der Waals surface area contributed by atoms with Crippen molar-refractivity contribution in [2.24, 2.45) is 11.8 Å². The van der Waals surface area contributed by atoms with E-state index >= 15 is 0 Å². The third-order valence-corrected chi connectivity index (χ3v) is 6.24. The lowest BCUT2D eigenvalue weighted by molar-refractivity contribution is -0.00543. The fourth-order valence-corrected chi connectivity index (χ4v) is 4.83. The Balaban J connectivity index is 1.51. The Hall–Kier alpha value is -2.13. The Morgan fingerprint density at radius 1 is 1.21 bits per heavy atom. The number of rotatable bonds is 6. The normalized spacial score (nSPS) is 26.9. The molecular formula is C20H30FN7O. The quantitative estimate of drug-likeness (QED) is 0.730. The summed E-state index contributed by atoms with van der Waals surface area (Å²) >= 11 is 0. The highest BCUT2D eigenvalue weighted by Gasteiger charge is 2.44. The first-order chi connectivity index (χ1) is 14.0. The van der Waals surface area contributed by atoms with E-state index in [4.69, 9.17) is 4.74 Å². The summed E-state index contributed by atoms with van der Waals surface area (Å²) in [6, 6.07) is 0.145. The van der Waals surface area contributed by atoms with Crippen molar-refractivity contribution in [1.82, 2.24) is 29.9 Å². The Bertz CT molecular complexity index is 842. The minimum absolute atomic E-state index is 0.0755. The molecule has 2 aromatic heterocycles. The first kappa shape index (κ1) is 20.2. The van der Waals surface area contributed by atoms with E-state index in [1.165, 1.54) is 6.33 Å². The van der Waals surface area contributed by atoms with E-state index in [0.29, 0.717) is 29.8 Å². The molecule has 0 bridgehead atoms. The van der Waals surface area contributed by atoms with Gasteiger partial charge in [-0.3, -0.25) is 0 Å². The van der Waals surface area contributed by atoms with Crippen molar-refractivity contribution >= 4 is 5.82 Å². The van der Waals surface area contributed by atoms with E-state index in [2.05, 4.69) is 30.1 Å². The molecule has 2 fully saturated rings. The van der Waals surface area contributed by atoms with Gasteiger partial charge >= 0.3 is 0 Å². The highest BCUT2D eigenvalue weighted by atomic mass is 19.1. The number of methoxy groups -OCH3 is 1. The van der Waals surface area contributed by atoms with Crippen LogP contribution in [-0.2, 0) is 17.7 Å². The second-order valence-electron chi connectivity index (χ2n) is 8.48. The van der Waals surface area contributed by atoms with Gasteiger partial charge in [-0.25, -0.2) is 19.0 Å². The Kier molecular flexibility index (Phi) is 5.78. The zero-order valence-corrected chi connectivity index (χ0v) is 17.6. The Labute approximate surface area is 171 Å².